The van der Waals surface area contributed by atoms with Gasteiger partial charge in [0.05, 0.1) is 7.11 Å². The van der Waals surface area contributed by atoms with Crippen molar-refractivity contribution >= 4 is 5.91 Å². The van der Waals surface area contributed by atoms with Crippen molar-refractivity contribution in [2.45, 2.75) is 32.2 Å². The van der Waals surface area contributed by atoms with Crippen LogP contribution in [0.3, 0.4) is 0 Å². The first-order valence-corrected chi connectivity index (χ1v) is 7.00. The van der Waals surface area contributed by atoms with E-state index in [-0.39, 0.29) is 0 Å². The molecule has 2 fully saturated rings. The van der Waals surface area contributed by atoms with E-state index >= 15 is 0 Å². The number of carbonyl (C=O) groups is 1. The fourth-order valence-corrected chi connectivity index (χ4v) is 2.87. The van der Waals surface area contributed by atoms with Gasteiger partial charge in [0.2, 0.25) is 5.91 Å². The Morgan fingerprint density at radius 2 is 2.06 bits per heavy atom. The molecule has 0 aromatic rings. The zero-order valence-corrected chi connectivity index (χ0v) is 11.5. The Morgan fingerprint density at radius 1 is 1.33 bits per heavy atom. The number of piperazine rings is 1. The van der Waals surface area contributed by atoms with E-state index in [9.17, 15) is 4.79 Å². The third-order valence-electron chi connectivity index (χ3n) is 4.12. The number of amides is 1. The molecule has 2 heterocycles. The van der Waals surface area contributed by atoms with E-state index in [1.54, 1.807) is 7.11 Å². The Hall–Kier alpha value is -0.650. The monoisotopic (exact) mass is 255 g/mol. The number of piperidine rings is 1. The van der Waals surface area contributed by atoms with Gasteiger partial charge in [0.25, 0.3) is 0 Å². The van der Waals surface area contributed by atoms with E-state index in [0.29, 0.717) is 24.3 Å². The Balaban J connectivity index is 1.77. The first-order valence-electron chi connectivity index (χ1n) is 7.00. The molecule has 0 saturated carbocycles. The number of hydroxylamine groups is 2. The maximum Gasteiger partial charge on any atom is 0.223 e. The van der Waals surface area contributed by atoms with E-state index in [2.05, 4.69) is 12.2 Å². The molecule has 0 spiro atoms. The molecule has 1 atom stereocenters. The summed E-state index contributed by atoms with van der Waals surface area (Å²) in [5, 5.41) is 5.30. The standard InChI is InChI=1S/C13H25N3O2/c1-11-10-14-5-8-16(11)13(17)9-12-3-6-15(18-2)7-4-12/h11-12,14H,3-10H2,1-2H3/t11-/m1/s1. The lowest BCUT2D eigenvalue weighted by Crippen LogP contribution is -2.52. The minimum absolute atomic E-state index is 0.333. The number of hydrogen-bond acceptors (Lipinski definition) is 4. The molecule has 0 bridgehead atoms. The van der Waals surface area contributed by atoms with E-state index in [1.807, 2.05) is 9.96 Å². The lowest BCUT2D eigenvalue weighted by molar-refractivity contribution is -0.152. The molecular formula is C13H25N3O2. The topological polar surface area (TPSA) is 44.8 Å². The molecule has 0 aromatic carbocycles. The third-order valence-corrected chi connectivity index (χ3v) is 4.12. The van der Waals surface area contributed by atoms with Crippen molar-refractivity contribution in [3.05, 3.63) is 0 Å². The Kier molecular flexibility index (Phi) is 4.97. The molecule has 2 rings (SSSR count). The molecule has 2 aliphatic rings. The van der Waals surface area contributed by atoms with Gasteiger partial charge >= 0.3 is 0 Å². The Bertz CT molecular complexity index is 277. The SMILES string of the molecule is CON1CCC(CC(=O)N2CCNC[C@H]2C)CC1. The van der Waals surface area contributed by atoms with Gasteiger partial charge in [-0.25, -0.2) is 0 Å². The molecule has 0 aromatic heterocycles. The van der Waals surface area contributed by atoms with Crippen LogP contribution in [0.15, 0.2) is 0 Å². The lowest BCUT2D eigenvalue weighted by Gasteiger charge is -2.36. The molecule has 2 aliphatic heterocycles. The highest BCUT2D eigenvalue weighted by molar-refractivity contribution is 5.77. The second kappa shape index (κ2) is 6.50. The smallest absolute Gasteiger partial charge is 0.223 e. The van der Waals surface area contributed by atoms with Crippen LogP contribution in [-0.2, 0) is 9.63 Å². The second-order valence-electron chi connectivity index (χ2n) is 5.40. The van der Waals surface area contributed by atoms with Crippen molar-refractivity contribution in [1.82, 2.24) is 15.3 Å². The number of nitrogens with one attached hydrogen (secondary N) is 1. The van der Waals surface area contributed by atoms with Crippen LogP contribution in [0.25, 0.3) is 0 Å². The highest BCUT2D eigenvalue weighted by atomic mass is 16.7. The number of rotatable bonds is 3. The van der Waals surface area contributed by atoms with Crippen molar-refractivity contribution in [2.24, 2.45) is 5.92 Å². The normalized spacial score (nSPS) is 27.4. The number of hydrogen-bond donors (Lipinski definition) is 1. The molecule has 104 valence electrons. The summed E-state index contributed by atoms with van der Waals surface area (Å²) in [6, 6.07) is 0.338. The van der Waals surface area contributed by atoms with Crippen molar-refractivity contribution in [1.29, 1.82) is 0 Å². The first-order chi connectivity index (χ1) is 8.70. The van der Waals surface area contributed by atoms with Crippen LogP contribution >= 0.6 is 0 Å². The van der Waals surface area contributed by atoms with Gasteiger partial charge in [-0.3, -0.25) is 4.79 Å². The van der Waals surface area contributed by atoms with Crippen LogP contribution < -0.4 is 5.32 Å². The molecule has 5 heteroatoms. The summed E-state index contributed by atoms with van der Waals surface area (Å²) < 4.78 is 0. The van der Waals surface area contributed by atoms with Gasteiger partial charge in [-0.2, -0.15) is 5.06 Å². The molecular weight excluding hydrogens is 230 g/mol. The lowest BCUT2D eigenvalue weighted by atomic mass is 9.93. The van der Waals surface area contributed by atoms with Gasteiger partial charge in [-0.15, -0.1) is 0 Å². The van der Waals surface area contributed by atoms with Crippen LogP contribution in [0.4, 0.5) is 0 Å². The van der Waals surface area contributed by atoms with Gasteiger partial charge in [0.1, 0.15) is 0 Å². The summed E-state index contributed by atoms with van der Waals surface area (Å²) in [7, 11) is 1.72. The van der Waals surface area contributed by atoms with E-state index in [0.717, 1.165) is 45.6 Å². The predicted molar refractivity (Wildman–Crippen MR) is 70.0 cm³/mol. The van der Waals surface area contributed by atoms with Crippen molar-refractivity contribution < 1.29 is 9.63 Å². The molecule has 0 unspecified atom stereocenters. The average molecular weight is 255 g/mol. The Morgan fingerprint density at radius 3 is 2.67 bits per heavy atom. The molecule has 2 saturated heterocycles. The van der Waals surface area contributed by atoms with Crippen LogP contribution in [0.2, 0.25) is 0 Å². The minimum Gasteiger partial charge on any atom is -0.337 e. The number of nitrogens with zero attached hydrogens (tertiary/aromatic N) is 2. The summed E-state index contributed by atoms with van der Waals surface area (Å²) in [5.41, 5.74) is 0. The summed E-state index contributed by atoms with van der Waals surface area (Å²) in [6.07, 6.45) is 2.85. The van der Waals surface area contributed by atoms with Crippen molar-refractivity contribution in [3.8, 4) is 0 Å². The van der Waals surface area contributed by atoms with Gasteiger partial charge in [-0.05, 0) is 25.7 Å². The van der Waals surface area contributed by atoms with Crippen LogP contribution in [0.1, 0.15) is 26.2 Å². The van der Waals surface area contributed by atoms with Crippen molar-refractivity contribution in [3.63, 3.8) is 0 Å². The molecule has 18 heavy (non-hydrogen) atoms. The van der Waals surface area contributed by atoms with Crippen LogP contribution in [0.5, 0.6) is 0 Å². The van der Waals surface area contributed by atoms with Crippen LogP contribution in [-0.4, -0.2) is 61.7 Å². The van der Waals surface area contributed by atoms with Gasteiger partial charge in [0.15, 0.2) is 0 Å². The highest BCUT2D eigenvalue weighted by Gasteiger charge is 2.27. The van der Waals surface area contributed by atoms with Crippen molar-refractivity contribution in [2.75, 3.05) is 39.8 Å². The fourth-order valence-electron chi connectivity index (χ4n) is 2.87. The highest BCUT2D eigenvalue weighted by Crippen LogP contribution is 2.22. The van der Waals surface area contributed by atoms with Gasteiger partial charge < -0.3 is 15.1 Å². The van der Waals surface area contributed by atoms with Gasteiger partial charge in [-0.1, -0.05) is 0 Å². The molecule has 5 nitrogen and oxygen atoms in total. The second-order valence-corrected chi connectivity index (χ2v) is 5.40. The fraction of sp³-hybridized carbons (Fsp3) is 0.923. The Labute approximate surface area is 109 Å². The minimum atomic E-state index is 0.333. The summed E-state index contributed by atoms with van der Waals surface area (Å²) in [5.74, 6) is 0.867. The summed E-state index contributed by atoms with van der Waals surface area (Å²) in [4.78, 5) is 19.5. The quantitative estimate of drug-likeness (QED) is 0.796. The number of carbonyl (C=O) groups excluding carboxylic acids is 1. The zero-order chi connectivity index (χ0) is 13.0. The largest absolute Gasteiger partial charge is 0.337 e. The van der Waals surface area contributed by atoms with E-state index < -0.39 is 0 Å². The predicted octanol–water partition coefficient (Wildman–Crippen LogP) is 0.470. The molecule has 0 aliphatic carbocycles. The maximum atomic E-state index is 12.3. The molecule has 0 radical (unpaired) electrons. The zero-order valence-electron chi connectivity index (χ0n) is 11.5. The van der Waals surface area contributed by atoms with Gasteiger partial charge in [0, 0.05) is 45.2 Å². The van der Waals surface area contributed by atoms with Crippen LogP contribution in [0, 0.1) is 5.92 Å². The first kappa shape index (κ1) is 13.8. The third kappa shape index (κ3) is 3.43. The van der Waals surface area contributed by atoms with E-state index in [4.69, 9.17) is 4.84 Å². The molecule has 1 amide bonds. The maximum absolute atomic E-state index is 12.3. The summed E-state index contributed by atoms with van der Waals surface area (Å²) >= 11 is 0. The average Bonchev–Trinajstić information content (AvgIpc) is 2.40. The summed E-state index contributed by atoms with van der Waals surface area (Å²) in [6.45, 7) is 6.73. The van der Waals surface area contributed by atoms with E-state index in [1.165, 1.54) is 0 Å². The molecule has 1 N–H and O–H groups in total.